The van der Waals surface area contributed by atoms with Crippen molar-refractivity contribution in [2.75, 3.05) is 0 Å². The highest BCUT2D eigenvalue weighted by Crippen LogP contribution is 2.65. The second kappa shape index (κ2) is 9.34. The summed E-state index contributed by atoms with van der Waals surface area (Å²) in [4.78, 5) is 0. The van der Waals surface area contributed by atoms with Gasteiger partial charge in [0.15, 0.2) is 0 Å². The number of fused-ring (bicyclic) bond motifs is 15. The highest BCUT2D eigenvalue weighted by molar-refractivity contribution is 6.28. The average molecular weight is 642 g/mol. The zero-order valence-electron chi connectivity index (χ0n) is 28.2. The lowest BCUT2D eigenvalue weighted by molar-refractivity contribution is 0.334. The topological polar surface area (TPSA) is 18.1 Å². The van der Waals surface area contributed by atoms with Gasteiger partial charge >= 0.3 is 0 Å². The van der Waals surface area contributed by atoms with E-state index in [1.807, 2.05) is 12.1 Å². The number of hydrogen-bond donors (Lipinski definition) is 0. The van der Waals surface area contributed by atoms with Gasteiger partial charge in [-0.15, -0.1) is 0 Å². The first-order chi connectivity index (χ1) is 24.5. The molecule has 2 heterocycles. The monoisotopic (exact) mass is 641 g/mol. The van der Waals surface area contributed by atoms with Gasteiger partial charge in [0.1, 0.15) is 11.2 Å². The molecule has 4 atom stereocenters. The summed E-state index contributed by atoms with van der Waals surface area (Å²) in [6.45, 7) is 4.97. The Labute approximate surface area is 290 Å². The average Bonchev–Trinajstić information content (AvgIpc) is 3.68. The van der Waals surface area contributed by atoms with Crippen LogP contribution in [0.3, 0.4) is 0 Å². The van der Waals surface area contributed by atoms with E-state index in [1.54, 1.807) is 5.56 Å². The fourth-order valence-corrected chi connectivity index (χ4v) is 10.3. The minimum atomic E-state index is 0.0913. The zero-order chi connectivity index (χ0) is 32.9. The fraction of sp³-hybridized carbons (Fsp3) is 0.167. The van der Waals surface area contributed by atoms with E-state index in [9.17, 15) is 0 Å². The molecule has 9 aromatic rings. The first kappa shape index (κ1) is 27.2. The summed E-state index contributed by atoms with van der Waals surface area (Å²) in [5, 5.41) is 10.4. The van der Waals surface area contributed by atoms with Gasteiger partial charge in [-0.05, 0) is 128 Å². The van der Waals surface area contributed by atoms with Crippen LogP contribution in [0.25, 0.3) is 82.1 Å². The summed E-state index contributed by atoms with van der Waals surface area (Å²) in [6, 6.07) is 47.5. The number of allylic oxidation sites excluding steroid dienone is 2. The maximum Gasteiger partial charge on any atom is 0.135 e. The quantitative estimate of drug-likeness (QED) is 0.136. The van der Waals surface area contributed by atoms with E-state index in [0.717, 1.165) is 33.8 Å². The minimum Gasteiger partial charge on any atom is -0.456 e. The Morgan fingerprint density at radius 2 is 1.36 bits per heavy atom. The Bertz CT molecular complexity index is 2950. The lowest BCUT2D eigenvalue weighted by atomic mass is 9.73. The van der Waals surface area contributed by atoms with Crippen molar-refractivity contribution in [3.8, 4) is 16.8 Å². The number of rotatable bonds is 2. The molecular formula is C48H35NO. The third kappa shape index (κ3) is 3.49. The molecule has 1 fully saturated rings. The van der Waals surface area contributed by atoms with Gasteiger partial charge in [-0.2, -0.15) is 0 Å². The van der Waals surface area contributed by atoms with Crippen molar-refractivity contribution in [1.29, 1.82) is 0 Å². The molecule has 0 saturated heterocycles. The highest BCUT2D eigenvalue weighted by atomic mass is 16.3. The summed E-state index contributed by atoms with van der Waals surface area (Å²) >= 11 is 0. The van der Waals surface area contributed by atoms with Crippen LogP contribution in [0.4, 0.5) is 0 Å². The summed E-state index contributed by atoms with van der Waals surface area (Å²) < 4.78 is 8.67. The van der Waals surface area contributed by atoms with Gasteiger partial charge in [0.05, 0.1) is 11.0 Å². The van der Waals surface area contributed by atoms with Crippen molar-refractivity contribution in [3.05, 3.63) is 151 Å². The van der Waals surface area contributed by atoms with E-state index >= 15 is 0 Å². The van der Waals surface area contributed by atoms with Crippen LogP contribution >= 0.6 is 0 Å². The van der Waals surface area contributed by atoms with Gasteiger partial charge in [-0.25, -0.2) is 0 Å². The number of aromatic nitrogens is 1. The van der Waals surface area contributed by atoms with E-state index in [4.69, 9.17) is 4.42 Å². The number of benzene rings is 7. The summed E-state index contributed by atoms with van der Waals surface area (Å²) in [7, 11) is 0. The highest BCUT2D eigenvalue weighted by Gasteiger charge is 2.56. The van der Waals surface area contributed by atoms with Gasteiger partial charge in [0.25, 0.3) is 0 Å². The number of hydrogen-bond acceptors (Lipinski definition) is 1. The van der Waals surface area contributed by atoms with Crippen LogP contribution in [0.15, 0.2) is 144 Å². The number of nitrogens with zero attached hydrogens (tertiary/aromatic N) is 1. The second-order valence-electron chi connectivity index (χ2n) is 15.7. The minimum absolute atomic E-state index is 0.0913. The second-order valence-corrected chi connectivity index (χ2v) is 15.7. The van der Waals surface area contributed by atoms with Crippen LogP contribution in [-0.4, -0.2) is 4.57 Å². The third-order valence-electron chi connectivity index (χ3n) is 12.8. The van der Waals surface area contributed by atoms with Crippen molar-refractivity contribution < 1.29 is 4.42 Å². The van der Waals surface area contributed by atoms with Crippen molar-refractivity contribution >= 4 is 65.3 Å². The van der Waals surface area contributed by atoms with Crippen molar-refractivity contribution in [2.24, 2.45) is 17.8 Å². The van der Waals surface area contributed by atoms with Crippen LogP contribution < -0.4 is 0 Å². The molecule has 4 unspecified atom stereocenters. The molecule has 0 aliphatic heterocycles. The molecule has 3 aliphatic rings. The molecule has 1 saturated carbocycles. The predicted molar refractivity (Wildman–Crippen MR) is 209 cm³/mol. The lowest BCUT2D eigenvalue weighted by Crippen LogP contribution is -2.26. The van der Waals surface area contributed by atoms with Gasteiger partial charge in [-0.1, -0.05) is 105 Å². The van der Waals surface area contributed by atoms with Crippen molar-refractivity contribution in [1.82, 2.24) is 4.57 Å². The van der Waals surface area contributed by atoms with Crippen LogP contribution in [0, 0.1) is 17.8 Å². The normalized spacial score (nSPS) is 21.8. The fourth-order valence-electron chi connectivity index (χ4n) is 10.3. The Kier molecular flexibility index (Phi) is 5.09. The first-order valence-electron chi connectivity index (χ1n) is 18.2. The van der Waals surface area contributed by atoms with Gasteiger partial charge < -0.3 is 8.98 Å². The Morgan fingerprint density at radius 3 is 2.26 bits per heavy atom. The SMILES string of the molecule is CC1(C)c2cc3c(cc2C2C4CC4C=CC21)c1c2c(ccc4ccccc42)ccc1n3-c1ccc(-c2ccc3oc4ccccc4c3c2)cc1. The van der Waals surface area contributed by atoms with E-state index in [2.05, 4.69) is 146 Å². The van der Waals surface area contributed by atoms with E-state index in [0.29, 0.717) is 11.8 Å². The third-order valence-corrected chi connectivity index (χ3v) is 12.8. The molecule has 0 bridgehead atoms. The zero-order valence-corrected chi connectivity index (χ0v) is 28.2. The molecular weight excluding hydrogens is 607 g/mol. The molecule has 50 heavy (non-hydrogen) atoms. The molecule has 7 aromatic carbocycles. The molecule has 12 rings (SSSR count). The standard InChI is InChI=1S/C48H35NO/c1-48(2)39-20-15-31-24-35(31)46(39)37-25-38-42(26-40(37)48)49(41-21-16-29-12-11-28-7-3-4-8-33(28)45(29)47(38)41)32-18-13-27(14-19-32)30-17-22-44-36(23-30)34-9-5-6-10-43(34)50-44/h3-23,25-26,31,35,39,46H,24H2,1-2H3. The molecule has 0 N–H and O–H groups in total. The van der Waals surface area contributed by atoms with Crippen LogP contribution in [0.5, 0.6) is 0 Å². The summed E-state index contributed by atoms with van der Waals surface area (Å²) in [5.74, 6) is 2.74. The summed E-state index contributed by atoms with van der Waals surface area (Å²) in [5.41, 5.74) is 11.3. The number of para-hydroxylation sites is 1. The Balaban J connectivity index is 1.11. The maximum absolute atomic E-state index is 6.13. The van der Waals surface area contributed by atoms with Crippen molar-refractivity contribution in [3.63, 3.8) is 0 Å². The molecule has 0 radical (unpaired) electrons. The van der Waals surface area contributed by atoms with Gasteiger partial charge in [-0.3, -0.25) is 0 Å². The molecule has 0 spiro atoms. The van der Waals surface area contributed by atoms with Gasteiger partial charge in [0.2, 0.25) is 0 Å². The molecule has 3 aliphatic carbocycles. The van der Waals surface area contributed by atoms with E-state index in [1.165, 1.54) is 72.1 Å². The van der Waals surface area contributed by atoms with E-state index < -0.39 is 0 Å². The van der Waals surface area contributed by atoms with Crippen molar-refractivity contribution in [2.45, 2.75) is 31.6 Å². The van der Waals surface area contributed by atoms with Crippen LogP contribution in [0.1, 0.15) is 37.3 Å². The first-order valence-corrected chi connectivity index (χ1v) is 18.2. The van der Waals surface area contributed by atoms with Crippen LogP contribution in [-0.2, 0) is 5.41 Å². The predicted octanol–water partition coefficient (Wildman–Crippen LogP) is 12.9. The Morgan fingerprint density at radius 1 is 0.600 bits per heavy atom. The van der Waals surface area contributed by atoms with Gasteiger partial charge in [0, 0.05) is 27.2 Å². The number of furan rings is 1. The molecule has 0 amide bonds. The largest absolute Gasteiger partial charge is 0.456 e. The Hall–Kier alpha value is -5.60. The molecule has 238 valence electrons. The van der Waals surface area contributed by atoms with E-state index in [-0.39, 0.29) is 5.41 Å². The smallest absolute Gasteiger partial charge is 0.135 e. The molecule has 2 aromatic heterocycles. The van der Waals surface area contributed by atoms with Crippen LogP contribution in [0.2, 0.25) is 0 Å². The molecule has 2 heteroatoms. The summed E-state index contributed by atoms with van der Waals surface area (Å²) in [6.07, 6.45) is 6.44. The lowest BCUT2D eigenvalue weighted by Gasteiger charge is -2.31. The molecule has 2 nitrogen and oxygen atoms in total. The maximum atomic E-state index is 6.13.